The largest absolute Gasteiger partial charge is 0.310 e. The van der Waals surface area contributed by atoms with Crippen LogP contribution in [-0.2, 0) is 6.42 Å². The second-order valence-electron chi connectivity index (χ2n) is 5.22. The molecule has 0 aliphatic heterocycles. The summed E-state index contributed by atoms with van der Waals surface area (Å²) in [4.78, 5) is 4.47. The predicted octanol–water partition coefficient (Wildman–Crippen LogP) is 3.87. The van der Waals surface area contributed by atoms with Crippen LogP contribution in [0.5, 0.6) is 0 Å². The van der Waals surface area contributed by atoms with E-state index in [0.717, 1.165) is 29.6 Å². The van der Waals surface area contributed by atoms with E-state index in [1.165, 1.54) is 12.1 Å². The smallest absolute Gasteiger partial charge is 0.126 e. The number of aryl methyl sites for hydroxylation is 2. The molecule has 2 aromatic rings. The molecule has 4 heteroatoms. The van der Waals surface area contributed by atoms with Gasteiger partial charge in [0.2, 0.25) is 0 Å². The third-order valence-corrected chi connectivity index (χ3v) is 3.45. The van der Waals surface area contributed by atoms with Crippen LogP contribution in [0.25, 0.3) is 0 Å². The zero-order valence-electron chi connectivity index (χ0n) is 12.6. The maximum absolute atomic E-state index is 13.3. The first-order valence-electron chi connectivity index (χ1n) is 7.12. The molecule has 1 N–H and O–H groups in total. The molecule has 1 unspecified atom stereocenters. The number of pyridine rings is 1. The molecule has 1 aromatic heterocycles. The van der Waals surface area contributed by atoms with E-state index in [1.54, 1.807) is 0 Å². The monoisotopic (exact) mass is 290 g/mol. The fraction of sp³-hybridized carbons (Fsp3) is 0.353. The van der Waals surface area contributed by atoms with Gasteiger partial charge in [-0.1, -0.05) is 13.0 Å². The Balaban J connectivity index is 2.30. The Kier molecular flexibility index (Phi) is 5.02. The lowest BCUT2D eigenvalue weighted by Gasteiger charge is -2.20. The van der Waals surface area contributed by atoms with E-state index < -0.39 is 11.6 Å². The molecule has 112 valence electrons. The first-order chi connectivity index (χ1) is 9.99. The molecule has 0 amide bonds. The van der Waals surface area contributed by atoms with Crippen LogP contribution in [0.2, 0.25) is 0 Å². The van der Waals surface area contributed by atoms with Crippen LogP contribution in [0.4, 0.5) is 8.78 Å². The lowest BCUT2D eigenvalue weighted by molar-refractivity contribution is 0.535. The van der Waals surface area contributed by atoms with E-state index >= 15 is 0 Å². The second-order valence-corrected chi connectivity index (χ2v) is 5.22. The minimum Gasteiger partial charge on any atom is -0.310 e. The number of rotatable bonds is 5. The third kappa shape index (κ3) is 4.08. The van der Waals surface area contributed by atoms with Crippen molar-refractivity contribution in [2.75, 3.05) is 6.54 Å². The number of nitrogens with zero attached hydrogens (tertiary/aromatic N) is 1. The van der Waals surface area contributed by atoms with Crippen molar-refractivity contribution in [3.63, 3.8) is 0 Å². The summed E-state index contributed by atoms with van der Waals surface area (Å²) in [6.45, 7) is 6.69. The normalized spacial score (nSPS) is 12.4. The molecule has 0 bridgehead atoms. The SMILES string of the molecule is CCNC(Cc1cc(F)cc(F)c1)c1ccc(C)nc1C. The highest BCUT2D eigenvalue weighted by atomic mass is 19.1. The Morgan fingerprint density at radius 3 is 2.33 bits per heavy atom. The lowest BCUT2D eigenvalue weighted by Crippen LogP contribution is -2.24. The number of hydrogen-bond donors (Lipinski definition) is 1. The zero-order valence-corrected chi connectivity index (χ0v) is 12.6. The number of nitrogens with one attached hydrogen (secondary N) is 1. The summed E-state index contributed by atoms with van der Waals surface area (Å²) in [7, 11) is 0. The number of halogens is 2. The van der Waals surface area contributed by atoms with Gasteiger partial charge in [-0.15, -0.1) is 0 Å². The molecule has 0 aliphatic rings. The fourth-order valence-corrected chi connectivity index (χ4v) is 2.57. The topological polar surface area (TPSA) is 24.9 Å². The van der Waals surface area contributed by atoms with Crippen molar-refractivity contribution in [2.45, 2.75) is 33.2 Å². The van der Waals surface area contributed by atoms with Crippen molar-refractivity contribution in [2.24, 2.45) is 0 Å². The van der Waals surface area contributed by atoms with Gasteiger partial charge in [-0.3, -0.25) is 4.98 Å². The van der Waals surface area contributed by atoms with Gasteiger partial charge in [0.1, 0.15) is 11.6 Å². The van der Waals surface area contributed by atoms with Gasteiger partial charge in [0.25, 0.3) is 0 Å². The van der Waals surface area contributed by atoms with E-state index in [4.69, 9.17) is 0 Å². The van der Waals surface area contributed by atoms with Crippen LogP contribution in [0.1, 0.15) is 35.5 Å². The van der Waals surface area contributed by atoms with Crippen molar-refractivity contribution >= 4 is 0 Å². The average Bonchev–Trinajstić information content (AvgIpc) is 2.37. The minimum absolute atomic E-state index is 0.00991. The summed E-state index contributed by atoms with van der Waals surface area (Å²) >= 11 is 0. The lowest BCUT2D eigenvalue weighted by atomic mass is 9.97. The molecule has 0 radical (unpaired) electrons. The first-order valence-corrected chi connectivity index (χ1v) is 7.12. The Bertz CT molecular complexity index is 606. The highest BCUT2D eigenvalue weighted by Gasteiger charge is 2.15. The predicted molar refractivity (Wildman–Crippen MR) is 80.2 cm³/mol. The second kappa shape index (κ2) is 6.76. The van der Waals surface area contributed by atoms with Crippen molar-refractivity contribution in [1.82, 2.24) is 10.3 Å². The van der Waals surface area contributed by atoms with Crippen LogP contribution >= 0.6 is 0 Å². The van der Waals surface area contributed by atoms with Gasteiger partial charge in [-0.2, -0.15) is 0 Å². The Morgan fingerprint density at radius 1 is 1.10 bits per heavy atom. The third-order valence-electron chi connectivity index (χ3n) is 3.45. The van der Waals surface area contributed by atoms with E-state index in [1.807, 2.05) is 32.9 Å². The molecule has 0 saturated carbocycles. The summed E-state index contributed by atoms with van der Waals surface area (Å²) in [6, 6.07) is 7.63. The van der Waals surface area contributed by atoms with Gasteiger partial charge in [-0.25, -0.2) is 8.78 Å². The molecule has 0 spiro atoms. The standard InChI is InChI=1S/C17H20F2N2/c1-4-20-17(16-6-5-11(2)21-12(16)3)9-13-7-14(18)10-15(19)8-13/h5-8,10,17,20H,4,9H2,1-3H3. The molecule has 21 heavy (non-hydrogen) atoms. The number of hydrogen-bond acceptors (Lipinski definition) is 2. The highest BCUT2D eigenvalue weighted by Crippen LogP contribution is 2.22. The van der Waals surface area contributed by atoms with Crippen LogP contribution < -0.4 is 5.32 Å². The maximum Gasteiger partial charge on any atom is 0.126 e. The number of likely N-dealkylation sites (N-methyl/N-ethyl adjacent to an activating group) is 1. The molecule has 0 saturated heterocycles. The van der Waals surface area contributed by atoms with Gasteiger partial charge in [0, 0.05) is 23.5 Å². The molecule has 2 nitrogen and oxygen atoms in total. The molecule has 1 atom stereocenters. The first kappa shape index (κ1) is 15.6. The van der Waals surface area contributed by atoms with Crippen molar-refractivity contribution in [1.29, 1.82) is 0 Å². The highest BCUT2D eigenvalue weighted by molar-refractivity contribution is 5.28. The Labute approximate surface area is 124 Å². The van der Waals surface area contributed by atoms with Crippen LogP contribution in [-0.4, -0.2) is 11.5 Å². The van der Waals surface area contributed by atoms with Gasteiger partial charge in [0.15, 0.2) is 0 Å². The molecule has 1 heterocycles. The van der Waals surface area contributed by atoms with Crippen molar-refractivity contribution in [3.05, 3.63) is 64.5 Å². The molecule has 1 aromatic carbocycles. The fourth-order valence-electron chi connectivity index (χ4n) is 2.57. The average molecular weight is 290 g/mol. The minimum atomic E-state index is -0.543. The Morgan fingerprint density at radius 2 is 1.76 bits per heavy atom. The van der Waals surface area contributed by atoms with Gasteiger partial charge >= 0.3 is 0 Å². The quantitative estimate of drug-likeness (QED) is 0.904. The maximum atomic E-state index is 13.3. The van der Waals surface area contributed by atoms with Crippen LogP contribution in [0, 0.1) is 25.5 Å². The van der Waals surface area contributed by atoms with E-state index in [-0.39, 0.29) is 6.04 Å². The summed E-state index contributed by atoms with van der Waals surface area (Å²) in [5, 5.41) is 3.36. The Hall–Kier alpha value is -1.81. The molecular formula is C17H20F2N2. The van der Waals surface area contributed by atoms with E-state index in [9.17, 15) is 8.78 Å². The van der Waals surface area contributed by atoms with Crippen LogP contribution in [0.3, 0.4) is 0 Å². The zero-order chi connectivity index (χ0) is 15.4. The van der Waals surface area contributed by atoms with E-state index in [2.05, 4.69) is 10.3 Å². The molecule has 0 fully saturated rings. The van der Waals surface area contributed by atoms with Crippen molar-refractivity contribution < 1.29 is 8.78 Å². The van der Waals surface area contributed by atoms with Crippen molar-refractivity contribution in [3.8, 4) is 0 Å². The van der Waals surface area contributed by atoms with Gasteiger partial charge < -0.3 is 5.32 Å². The summed E-state index contributed by atoms with van der Waals surface area (Å²) < 4.78 is 26.7. The molecule has 2 rings (SSSR count). The summed E-state index contributed by atoms with van der Waals surface area (Å²) in [5.41, 5.74) is 3.60. The molecule has 0 aliphatic carbocycles. The van der Waals surface area contributed by atoms with Crippen LogP contribution in [0.15, 0.2) is 30.3 Å². The van der Waals surface area contributed by atoms with Gasteiger partial charge in [-0.05, 0) is 56.1 Å². The summed E-state index contributed by atoms with van der Waals surface area (Å²) in [6.07, 6.45) is 0.522. The van der Waals surface area contributed by atoms with E-state index in [0.29, 0.717) is 12.0 Å². The summed E-state index contributed by atoms with van der Waals surface area (Å²) in [5.74, 6) is -1.09. The number of benzene rings is 1. The molecular weight excluding hydrogens is 270 g/mol. The number of aromatic nitrogens is 1. The van der Waals surface area contributed by atoms with Gasteiger partial charge in [0.05, 0.1) is 0 Å².